The maximum atomic E-state index is 4.25. The van der Waals surface area contributed by atoms with Gasteiger partial charge in [0, 0.05) is 31.8 Å². The largest absolute Gasteiger partial charge is 0.370 e. The van der Waals surface area contributed by atoms with E-state index in [4.69, 9.17) is 0 Å². The van der Waals surface area contributed by atoms with Crippen molar-refractivity contribution in [3.63, 3.8) is 0 Å². The molecule has 0 saturated heterocycles. The fourth-order valence-corrected chi connectivity index (χ4v) is 1.76. The highest BCUT2D eigenvalue weighted by Gasteiger charge is 2.05. The number of hydrogen-bond acceptors (Lipinski definition) is 5. The average molecular weight is 260 g/mol. The highest BCUT2D eigenvalue weighted by molar-refractivity contribution is 5.35. The van der Waals surface area contributed by atoms with Gasteiger partial charge in [0.05, 0.1) is 0 Å². The van der Waals surface area contributed by atoms with E-state index in [-0.39, 0.29) is 0 Å². The Balaban J connectivity index is 1.92. The minimum atomic E-state index is 0.407. The third-order valence-electron chi connectivity index (χ3n) is 3.12. The molecular formula is C13H20N6. The van der Waals surface area contributed by atoms with Crippen molar-refractivity contribution in [2.24, 2.45) is 7.05 Å². The van der Waals surface area contributed by atoms with Crippen LogP contribution in [0.5, 0.6) is 0 Å². The fourth-order valence-electron chi connectivity index (χ4n) is 1.76. The fraction of sp³-hybridized carbons (Fsp3) is 0.538. The number of nitrogens with one attached hydrogen (secondary N) is 1. The van der Waals surface area contributed by atoms with Gasteiger partial charge in [0.25, 0.3) is 0 Å². The Bertz CT molecular complexity index is 546. The molecule has 6 nitrogen and oxygen atoms in total. The van der Waals surface area contributed by atoms with Gasteiger partial charge in [-0.05, 0) is 12.8 Å². The van der Waals surface area contributed by atoms with Crippen molar-refractivity contribution in [2.75, 3.05) is 11.9 Å². The summed E-state index contributed by atoms with van der Waals surface area (Å²) in [6.45, 7) is 6.96. The zero-order valence-corrected chi connectivity index (χ0v) is 11.9. The third-order valence-corrected chi connectivity index (χ3v) is 3.12. The van der Waals surface area contributed by atoms with Crippen LogP contribution in [-0.2, 0) is 13.5 Å². The summed E-state index contributed by atoms with van der Waals surface area (Å²) in [5, 5.41) is 11.5. The summed E-state index contributed by atoms with van der Waals surface area (Å²) < 4.78 is 2.00. The summed E-state index contributed by atoms with van der Waals surface area (Å²) in [6.07, 6.45) is 2.42. The lowest BCUT2D eigenvalue weighted by atomic mass is 10.1. The zero-order valence-electron chi connectivity index (χ0n) is 11.9. The summed E-state index contributed by atoms with van der Waals surface area (Å²) >= 11 is 0. The van der Waals surface area contributed by atoms with Gasteiger partial charge in [0.1, 0.15) is 23.8 Å². The number of aromatic nitrogens is 5. The second kappa shape index (κ2) is 5.77. The van der Waals surface area contributed by atoms with Crippen LogP contribution in [0.1, 0.15) is 37.1 Å². The first kappa shape index (κ1) is 13.5. The number of nitrogens with zero attached hydrogens (tertiary/aromatic N) is 5. The molecule has 0 spiro atoms. The number of hydrogen-bond donors (Lipinski definition) is 1. The van der Waals surface area contributed by atoms with Crippen molar-refractivity contribution in [3.05, 3.63) is 29.7 Å². The molecule has 1 N–H and O–H groups in total. The second-order valence-corrected chi connectivity index (χ2v) is 4.88. The molecule has 0 aliphatic rings. The molecule has 0 aliphatic heterocycles. The molecule has 2 aromatic rings. The molecule has 2 rings (SSSR count). The molecule has 102 valence electrons. The van der Waals surface area contributed by atoms with E-state index in [0.717, 1.165) is 36.1 Å². The normalized spacial score (nSPS) is 11.0. The second-order valence-electron chi connectivity index (χ2n) is 4.88. The molecule has 2 heterocycles. The average Bonchev–Trinajstić information content (AvgIpc) is 2.71. The highest BCUT2D eigenvalue weighted by Crippen LogP contribution is 2.13. The first-order valence-corrected chi connectivity index (χ1v) is 6.48. The van der Waals surface area contributed by atoms with Crippen LogP contribution in [0.4, 0.5) is 5.82 Å². The van der Waals surface area contributed by atoms with Crippen LogP contribution in [0.2, 0.25) is 0 Å². The van der Waals surface area contributed by atoms with Crippen LogP contribution in [0.15, 0.2) is 12.4 Å². The van der Waals surface area contributed by atoms with Crippen LogP contribution in [0.3, 0.4) is 0 Å². The van der Waals surface area contributed by atoms with Gasteiger partial charge >= 0.3 is 0 Å². The van der Waals surface area contributed by atoms with Gasteiger partial charge in [-0.2, -0.15) is 0 Å². The molecule has 0 radical (unpaired) electrons. The van der Waals surface area contributed by atoms with Gasteiger partial charge < -0.3 is 9.88 Å². The Morgan fingerprint density at radius 2 is 2.05 bits per heavy atom. The van der Waals surface area contributed by atoms with Gasteiger partial charge in [-0.15, -0.1) is 10.2 Å². The Labute approximate surface area is 113 Å². The predicted octanol–water partition coefficient (Wildman–Crippen LogP) is 1.69. The molecule has 0 bridgehead atoms. The van der Waals surface area contributed by atoms with Crippen LogP contribution < -0.4 is 5.32 Å². The van der Waals surface area contributed by atoms with Gasteiger partial charge in [0.15, 0.2) is 0 Å². The molecule has 0 saturated carbocycles. The van der Waals surface area contributed by atoms with E-state index in [2.05, 4.69) is 39.3 Å². The first-order valence-electron chi connectivity index (χ1n) is 6.48. The van der Waals surface area contributed by atoms with E-state index >= 15 is 0 Å². The monoisotopic (exact) mass is 260 g/mol. The topological polar surface area (TPSA) is 68.5 Å². The summed E-state index contributed by atoms with van der Waals surface area (Å²) in [5.41, 5.74) is 1.05. The molecule has 0 amide bonds. The van der Waals surface area contributed by atoms with E-state index < -0.39 is 0 Å². The van der Waals surface area contributed by atoms with E-state index in [1.54, 1.807) is 6.33 Å². The van der Waals surface area contributed by atoms with Crippen molar-refractivity contribution in [1.82, 2.24) is 24.7 Å². The summed E-state index contributed by atoms with van der Waals surface area (Å²) in [5.74, 6) is 3.17. The van der Waals surface area contributed by atoms with Crippen molar-refractivity contribution >= 4 is 5.82 Å². The Morgan fingerprint density at radius 1 is 1.26 bits per heavy atom. The summed E-state index contributed by atoms with van der Waals surface area (Å²) in [6, 6.07) is 1.99. The Kier molecular flexibility index (Phi) is 4.09. The van der Waals surface area contributed by atoms with Gasteiger partial charge in [0.2, 0.25) is 0 Å². The SMILES string of the molecule is Cc1nnc(CCNc2cc(C(C)C)ncn2)n1C. The highest BCUT2D eigenvalue weighted by atomic mass is 15.3. The van der Waals surface area contributed by atoms with Crippen molar-refractivity contribution in [2.45, 2.75) is 33.1 Å². The minimum Gasteiger partial charge on any atom is -0.370 e. The number of rotatable bonds is 5. The van der Waals surface area contributed by atoms with Crippen LogP contribution in [0.25, 0.3) is 0 Å². The van der Waals surface area contributed by atoms with Crippen LogP contribution >= 0.6 is 0 Å². The summed E-state index contributed by atoms with van der Waals surface area (Å²) in [4.78, 5) is 8.46. The number of aryl methyl sites for hydroxylation is 1. The smallest absolute Gasteiger partial charge is 0.134 e. The van der Waals surface area contributed by atoms with E-state index in [9.17, 15) is 0 Å². The van der Waals surface area contributed by atoms with E-state index in [0.29, 0.717) is 5.92 Å². The maximum absolute atomic E-state index is 4.25. The summed E-state index contributed by atoms with van der Waals surface area (Å²) in [7, 11) is 1.98. The van der Waals surface area contributed by atoms with Crippen molar-refractivity contribution < 1.29 is 0 Å². The minimum absolute atomic E-state index is 0.407. The lowest BCUT2D eigenvalue weighted by Gasteiger charge is -2.08. The molecule has 6 heteroatoms. The molecule has 2 aromatic heterocycles. The molecule has 0 aromatic carbocycles. The lowest BCUT2D eigenvalue weighted by Crippen LogP contribution is -2.10. The Hall–Kier alpha value is -1.98. The molecule has 0 aliphatic carbocycles. The lowest BCUT2D eigenvalue weighted by molar-refractivity contribution is 0.768. The van der Waals surface area contributed by atoms with Gasteiger partial charge in [-0.1, -0.05) is 13.8 Å². The van der Waals surface area contributed by atoms with E-state index in [1.165, 1.54) is 0 Å². The molecule has 0 atom stereocenters. The quantitative estimate of drug-likeness (QED) is 0.886. The van der Waals surface area contributed by atoms with Gasteiger partial charge in [-0.3, -0.25) is 0 Å². The molecule has 19 heavy (non-hydrogen) atoms. The standard InChI is InChI=1S/C13H20N6/c1-9(2)11-7-12(16-8-15-11)14-6-5-13-18-17-10(3)19(13)4/h7-9H,5-6H2,1-4H3,(H,14,15,16). The third kappa shape index (κ3) is 3.27. The maximum Gasteiger partial charge on any atom is 0.134 e. The van der Waals surface area contributed by atoms with E-state index in [1.807, 2.05) is 24.6 Å². The number of anilines is 1. The predicted molar refractivity (Wildman–Crippen MR) is 74.1 cm³/mol. The van der Waals surface area contributed by atoms with Gasteiger partial charge in [-0.25, -0.2) is 9.97 Å². The molecule has 0 unspecified atom stereocenters. The molecular weight excluding hydrogens is 240 g/mol. The first-order chi connectivity index (χ1) is 9.08. The zero-order chi connectivity index (χ0) is 13.8. The van der Waals surface area contributed by atoms with Crippen LogP contribution in [-0.4, -0.2) is 31.3 Å². The van der Waals surface area contributed by atoms with Crippen molar-refractivity contribution in [3.8, 4) is 0 Å². The molecule has 0 fully saturated rings. The van der Waals surface area contributed by atoms with Crippen molar-refractivity contribution in [1.29, 1.82) is 0 Å². The van der Waals surface area contributed by atoms with Crippen LogP contribution in [0, 0.1) is 6.92 Å². The Morgan fingerprint density at radius 3 is 2.68 bits per heavy atom.